The van der Waals surface area contributed by atoms with Crippen LogP contribution in [0.4, 0.5) is 5.69 Å². The van der Waals surface area contributed by atoms with E-state index in [1.165, 1.54) is 11.1 Å². The molecule has 1 heterocycles. The maximum Gasteiger partial charge on any atom is 0.234 e. The molecule has 2 unspecified atom stereocenters. The highest BCUT2D eigenvalue weighted by atomic mass is 35.5. The van der Waals surface area contributed by atoms with Crippen LogP contribution in [-0.2, 0) is 4.79 Å². The first-order valence-electron chi connectivity index (χ1n) is 8.70. The van der Waals surface area contributed by atoms with Crippen molar-refractivity contribution in [2.24, 2.45) is 5.92 Å². The number of halogens is 1. The predicted molar refractivity (Wildman–Crippen MR) is 100 cm³/mol. The lowest BCUT2D eigenvalue weighted by molar-refractivity contribution is -0.122. The summed E-state index contributed by atoms with van der Waals surface area (Å²) in [5.74, 6) is 0.247. The number of benzene rings is 1. The number of alkyl halides is 1. The Kier molecular flexibility index (Phi) is 5.42. The fraction of sp³-hybridized carbons (Fsp3) is 0.450. The van der Waals surface area contributed by atoms with E-state index in [0.29, 0.717) is 0 Å². The quantitative estimate of drug-likeness (QED) is 0.642. The van der Waals surface area contributed by atoms with Gasteiger partial charge in [0, 0.05) is 17.3 Å². The number of allylic oxidation sites excluding steroid dienone is 3. The minimum Gasteiger partial charge on any atom is -0.320 e. The number of fused-ring (bicyclic) bond motifs is 1. The maximum atomic E-state index is 13.1. The van der Waals surface area contributed by atoms with Gasteiger partial charge in [-0.25, -0.2) is 0 Å². The third-order valence-electron chi connectivity index (χ3n) is 4.80. The summed E-state index contributed by atoms with van der Waals surface area (Å²) in [6, 6.07) is 8.19. The van der Waals surface area contributed by atoms with E-state index in [1.807, 2.05) is 24.1 Å². The van der Waals surface area contributed by atoms with Crippen LogP contribution in [0.15, 0.2) is 47.7 Å². The average molecular weight is 345 g/mol. The number of rotatable bonds is 5. The van der Waals surface area contributed by atoms with Crippen molar-refractivity contribution in [2.45, 2.75) is 38.0 Å². The molecule has 2 aliphatic rings. The lowest BCUT2D eigenvalue weighted by atomic mass is 9.84. The van der Waals surface area contributed by atoms with Crippen LogP contribution in [0, 0.1) is 12.8 Å². The molecule has 2 atom stereocenters. The number of anilines is 1. The molecular weight excluding hydrogens is 320 g/mol. The van der Waals surface area contributed by atoms with E-state index < -0.39 is 0 Å². The van der Waals surface area contributed by atoms with Gasteiger partial charge in [0.2, 0.25) is 5.91 Å². The first-order chi connectivity index (χ1) is 11.6. The molecule has 1 aliphatic heterocycles. The van der Waals surface area contributed by atoms with Crippen LogP contribution < -0.4 is 10.2 Å². The highest BCUT2D eigenvalue weighted by Crippen LogP contribution is 2.39. The molecule has 0 saturated carbocycles. The minimum absolute atomic E-state index is 0.0324. The number of hydrogen-bond donors (Lipinski definition) is 1. The van der Waals surface area contributed by atoms with E-state index in [1.54, 1.807) is 0 Å². The molecule has 4 heteroatoms. The molecule has 1 saturated heterocycles. The Labute approximate surface area is 149 Å². The molecule has 0 radical (unpaired) electrons. The van der Waals surface area contributed by atoms with Crippen LogP contribution >= 0.6 is 11.6 Å². The number of aryl methyl sites for hydroxylation is 1. The van der Waals surface area contributed by atoms with Crippen molar-refractivity contribution in [3.05, 3.63) is 53.3 Å². The van der Waals surface area contributed by atoms with Crippen LogP contribution in [0.1, 0.15) is 31.2 Å². The Morgan fingerprint density at radius 2 is 2.04 bits per heavy atom. The lowest BCUT2D eigenvalue weighted by Gasteiger charge is -2.38. The van der Waals surface area contributed by atoms with Gasteiger partial charge < -0.3 is 5.32 Å². The van der Waals surface area contributed by atoms with Gasteiger partial charge in [-0.2, -0.15) is 0 Å². The normalized spacial score (nSPS) is 23.6. The molecule has 128 valence electrons. The van der Waals surface area contributed by atoms with Crippen molar-refractivity contribution in [3.8, 4) is 0 Å². The van der Waals surface area contributed by atoms with Crippen LogP contribution in [0.25, 0.3) is 0 Å². The van der Waals surface area contributed by atoms with E-state index in [9.17, 15) is 4.79 Å². The Balaban J connectivity index is 1.92. The molecule has 1 aromatic rings. The number of piperidine rings is 1. The molecule has 3 nitrogen and oxygen atoms in total. The summed E-state index contributed by atoms with van der Waals surface area (Å²) in [6.07, 6.45) is 7.75. The fourth-order valence-electron chi connectivity index (χ4n) is 3.50. The zero-order chi connectivity index (χ0) is 17.1. The smallest absolute Gasteiger partial charge is 0.234 e. The van der Waals surface area contributed by atoms with E-state index in [4.69, 9.17) is 11.6 Å². The largest absolute Gasteiger partial charge is 0.320 e. The fourth-order valence-corrected chi connectivity index (χ4v) is 3.74. The van der Waals surface area contributed by atoms with Crippen LogP contribution in [0.2, 0.25) is 0 Å². The second kappa shape index (κ2) is 7.54. The van der Waals surface area contributed by atoms with Crippen LogP contribution in [0.5, 0.6) is 0 Å². The molecule has 0 spiro atoms. The van der Waals surface area contributed by atoms with Gasteiger partial charge in [0.15, 0.2) is 0 Å². The standard InChI is InChI=1S/C20H25ClN2O/c1-14-5-8-18(9-6-14)23-19-10-7-17(21)13-16(19)12-15(20(23)24)4-3-11-22-2/h5-6,8-10,13,15,17,22H,3-4,7,11-12H2,1-2H3. The predicted octanol–water partition coefficient (Wildman–Crippen LogP) is 4.17. The van der Waals surface area contributed by atoms with Gasteiger partial charge in [-0.3, -0.25) is 9.69 Å². The first-order valence-corrected chi connectivity index (χ1v) is 9.14. The Morgan fingerprint density at radius 1 is 1.29 bits per heavy atom. The Morgan fingerprint density at radius 3 is 2.75 bits per heavy atom. The summed E-state index contributed by atoms with van der Waals surface area (Å²) < 4.78 is 0. The molecular formula is C20H25ClN2O. The maximum absolute atomic E-state index is 13.1. The third-order valence-corrected chi connectivity index (χ3v) is 5.10. The van der Waals surface area contributed by atoms with Gasteiger partial charge in [0.25, 0.3) is 0 Å². The summed E-state index contributed by atoms with van der Waals surface area (Å²) in [6.45, 7) is 3.00. The number of hydrogen-bond acceptors (Lipinski definition) is 2. The zero-order valence-electron chi connectivity index (χ0n) is 14.4. The van der Waals surface area contributed by atoms with Crippen molar-refractivity contribution in [3.63, 3.8) is 0 Å². The van der Waals surface area contributed by atoms with Crippen molar-refractivity contribution in [2.75, 3.05) is 18.5 Å². The number of nitrogens with one attached hydrogen (secondary N) is 1. The van der Waals surface area contributed by atoms with E-state index in [2.05, 4.69) is 36.5 Å². The molecule has 1 aliphatic carbocycles. The Bertz CT molecular complexity index is 663. The number of nitrogens with zero attached hydrogens (tertiary/aromatic N) is 1. The zero-order valence-corrected chi connectivity index (χ0v) is 15.1. The molecule has 3 rings (SSSR count). The molecule has 1 aromatic carbocycles. The van der Waals surface area contributed by atoms with Gasteiger partial charge in [-0.1, -0.05) is 29.8 Å². The summed E-state index contributed by atoms with van der Waals surface area (Å²) in [5.41, 5.74) is 4.40. The molecule has 0 bridgehead atoms. The summed E-state index contributed by atoms with van der Waals surface area (Å²) >= 11 is 6.33. The molecule has 0 aromatic heterocycles. The second-order valence-electron chi connectivity index (χ2n) is 6.69. The summed E-state index contributed by atoms with van der Waals surface area (Å²) in [7, 11) is 1.95. The van der Waals surface area contributed by atoms with Crippen LogP contribution in [-0.4, -0.2) is 24.9 Å². The topological polar surface area (TPSA) is 32.3 Å². The molecule has 1 amide bonds. The minimum atomic E-state index is 0.0324. The van der Waals surface area contributed by atoms with Crippen LogP contribution in [0.3, 0.4) is 0 Å². The van der Waals surface area contributed by atoms with Crippen molar-refractivity contribution in [1.82, 2.24) is 5.32 Å². The van der Waals surface area contributed by atoms with Gasteiger partial charge in [0.1, 0.15) is 0 Å². The summed E-state index contributed by atoms with van der Waals surface area (Å²) in [4.78, 5) is 15.1. The highest BCUT2D eigenvalue weighted by molar-refractivity contribution is 6.22. The molecule has 24 heavy (non-hydrogen) atoms. The van der Waals surface area contributed by atoms with E-state index in [0.717, 1.165) is 43.6 Å². The second-order valence-corrected chi connectivity index (χ2v) is 7.25. The SMILES string of the molecule is CNCCCC1CC2=CC(Cl)CC=C2N(c2ccc(C)cc2)C1=O. The molecule has 1 fully saturated rings. The third kappa shape index (κ3) is 3.57. The highest BCUT2D eigenvalue weighted by Gasteiger charge is 2.36. The molecule has 1 N–H and O–H groups in total. The Hall–Kier alpha value is -1.58. The monoisotopic (exact) mass is 344 g/mol. The van der Waals surface area contributed by atoms with Gasteiger partial charge in [-0.15, -0.1) is 11.6 Å². The number of amides is 1. The lowest BCUT2D eigenvalue weighted by Crippen LogP contribution is -2.42. The van der Waals surface area contributed by atoms with E-state index >= 15 is 0 Å². The summed E-state index contributed by atoms with van der Waals surface area (Å²) in [5, 5.41) is 3.20. The number of carbonyl (C=O) groups excluding carboxylic acids is 1. The van der Waals surface area contributed by atoms with Crippen molar-refractivity contribution in [1.29, 1.82) is 0 Å². The average Bonchev–Trinajstić information content (AvgIpc) is 2.57. The van der Waals surface area contributed by atoms with Crippen molar-refractivity contribution < 1.29 is 4.79 Å². The van der Waals surface area contributed by atoms with E-state index in [-0.39, 0.29) is 17.2 Å². The first kappa shape index (κ1) is 17.2. The van der Waals surface area contributed by atoms with Crippen molar-refractivity contribution >= 4 is 23.2 Å². The number of carbonyl (C=O) groups is 1. The van der Waals surface area contributed by atoms with Gasteiger partial charge in [0.05, 0.1) is 5.38 Å². The van der Waals surface area contributed by atoms with Gasteiger partial charge in [-0.05, 0) is 63.9 Å². The van der Waals surface area contributed by atoms with Gasteiger partial charge >= 0.3 is 0 Å².